The minimum Gasteiger partial charge on any atom is -0.508 e. The number of aromatic hydroxyl groups is 1. The van der Waals surface area contributed by atoms with Crippen molar-refractivity contribution in [2.75, 3.05) is 6.61 Å². The summed E-state index contributed by atoms with van der Waals surface area (Å²) in [7, 11) is 0. The lowest BCUT2D eigenvalue weighted by molar-refractivity contribution is -0.153. The van der Waals surface area contributed by atoms with Crippen molar-refractivity contribution in [1.82, 2.24) is 0 Å². The number of fused-ring (bicyclic) bond motifs is 5. The van der Waals surface area contributed by atoms with E-state index in [0.717, 1.165) is 38.5 Å². The van der Waals surface area contributed by atoms with Crippen molar-refractivity contribution in [2.24, 2.45) is 23.2 Å². The normalized spacial score (nSPS) is 38.2. The number of phenolic OH excluding ortho intramolecular Hbond substituents is 1. The van der Waals surface area contributed by atoms with Crippen LogP contribution in [0.1, 0.15) is 63.0 Å². The minimum atomic E-state index is -0.598. The van der Waals surface area contributed by atoms with Gasteiger partial charge in [-0.1, -0.05) is 19.9 Å². The summed E-state index contributed by atoms with van der Waals surface area (Å²) in [4.78, 5) is 12.5. The van der Waals surface area contributed by atoms with Gasteiger partial charge in [0.2, 0.25) is 0 Å². The summed E-state index contributed by atoms with van der Waals surface area (Å²) in [6, 6.07) is 5.79. The predicted octanol–water partition coefficient (Wildman–Crippen LogP) is 3.79. The van der Waals surface area contributed by atoms with Gasteiger partial charge >= 0.3 is 5.97 Å². The number of carbonyl (C=O) groups excluding carboxylic acids is 1. The highest BCUT2D eigenvalue weighted by Gasteiger charge is 2.59. The third kappa shape index (κ3) is 2.65. The summed E-state index contributed by atoms with van der Waals surface area (Å²) >= 11 is 0. The Morgan fingerprint density at radius 2 is 2.15 bits per heavy atom. The third-order valence-corrected chi connectivity index (χ3v) is 7.46. The van der Waals surface area contributed by atoms with Gasteiger partial charge in [-0.2, -0.15) is 0 Å². The fraction of sp³-hybridized carbons (Fsp3) is 0.682. The van der Waals surface area contributed by atoms with Crippen molar-refractivity contribution in [3.63, 3.8) is 0 Å². The molecule has 142 valence electrons. The second kappa shape index (κ2) is 6.56. The number of benzene rings is 1. The maximum atomic E-state index is 12.5. The van der Waals surface area contributed by atoms with E-state index in [1.54, 1.807) is 6.07 Å². The summed E-state index contributed by atoms with van der Waals surface area (Å²) in [6.07, 6.45) is 4.99. The van der Waals surface area contributed by atoms with Crippen LogP contribution >= 0.6 is 0 Å². The number of hydrogen-bond acceptors (Lipinski definition) is 4. The molecule has 4 heteroatoms. The molecule has 1 aromatic carbocycles. The highest BCUT2D eigenvalue weighted by Crippen LogP contribution is 2.62. The standard InChI is InChI=1S/C22H30O4/c1-3-10-26-21(25)18-12-19-17-6-4-13-11-14(23)5-7-15(13)16(17)8-9-22(19,2)20(18)24/h5,7,11,16-20,23-24H,3-4,6,8-10,12H2,1-2H3/t16-,17-,18+,19+,20+,22+/m1/s1. The fourth-order valence-electron chi connectivity index (χ4n) is 6.12. The van der Waals surface area contributed by atoms with Gasteiger partial charge < -0.3 is 14.9 Å². The van der Waals surface area contributed by atoms with E-state index in [9.17, 15) is 15.0 Å². The number of aliphatic hydroxyl groups excluding tert-OH is 1. The Morgan fingerprint density at radius 3 is 2.92 bits per heavy atom. The van der Waals surface area contributed by atoms with Crippen molar-refractivity contribution >= 4 is 5.97 Å². The molecule has 0 bridgehead atoms. The molecule has 2 N–H and O–H groups in total. The largest absolute Gasteiger partial charge is 0.508 e. The highest BCUT2D eigenvalue weighted by atomic mass is 16.5. The molecule has 3 aliphatic carbocycles. The number of aliphatic hydroxyl groups is 1. The first kappa shape index (κ1) is 17.8. The summed E-state index contributed by atoms with van der Waals surface area (Å²) in [5.41, 5.74) is 2.45. The molecule has 4 rings (SSSR count). The molecule has 6 atom stereocenters. The van der Waals surface area contributed by atoms with Crippen molar-refractivity contribution in [3.8, 4) is 5.75 Å². The van der Waals surface area contributed by atoms with Crippen LogP contribution in [0.5, 0.6) is 5.75 Å². The Morgan fingerprint density at radius 1 is 1.35 bits per heavy atom. The van der Waals surface area contributed by atoms with Gasteiger partial charge in [-0.15, -0.1) is 0 Å². The van der Waals surface area contributed by atoms with E-state index in [1.165, 1.54) is 11.1 Å². The summed E-state index contributed by atoms with van der Waals surface area (Å²) in [5, 5.41) is 20.8. The van der Waals surface area contributed by atoms with E-state index in [4.69, 9.17) is 4.74 Å². The number of phenols is 1. The van der Waals surface area contributed by atoms with Crippen LogP contribution in [0.2, 0.25) is 0 Å². The number of aryl methyl sites for hydroxylation is 1. The first-order chi connectivity index (χ1) is 12.5. The van der Waals surface area contributed by atoms with Crippen LogP contribution in [0.25, 0.3) is 0 Å². The Kier molecular flexibility index (Phi) is 4.50. The van der Waals surface area contributed by atoms with Gasteiger partial charge in [0.25, 0.3) is 0 Å². The number of rotatable bonds is 3. The van der Waals surface area contributed by atoms with E-state index in [-0.39, 0.29) is 17.3 Å². The molecule has 3 aliphatic rings. The first-order valence-electron chi connectivity index (χ1n) is 10.1. The number of ether oxygens (including phenoxy) is 1. The van der Waals surface area contributed by atoms with Crippen molar-refractivity contribution < 1.29 is 19.7 Å². The second-order valence-corrected chi connectivity index (χ2v) is 8.80. The van der Waals surface area contributed by atoms with Crippen LogP contribution in [0.15, 0.2) is 18.2 Å². The molecule has 26 heavy (non-hydrogen) atoms. The fourth-order valence-corrected chi connectivity index (χ4v) is 6.12. The molecule has 0 radical (unpaired) electrons. The van der Waals surface area contributed by atoms with Gasteiger partial charge in [-0.05, 0) is 85.0 Å². The average Bonchev–Trinajstić information content (AvgIpc) is 2.91. The number of carbonyl (C=O) groups is 1. The van der Waals surface area contributed by atoms with E-state index in [0.29, 0.717) is 30.1 Å². The van der Waals surface area contributed by atoms with Crippen LogP contribution in [0, 0.1) is 23.2 Å². The Balaban J connectivity index is 1.60. The van der Waals surface area contributed by atoms with Crippen LogP contribution in [0.4, 0.5) is 0 Å². The molecule has 2 saturated carbocycles. The summed E-state index contributed by atoms with van der Waals surface area (Å²) < 4.78 is 5.38. The Hall–Kier alpha value is -1.55. The van der Waals surface area contributed by atoms with Gasteiger partial charge in [0.05, 0.1) is 18.6 Å². The highest BCUT2D eigenvalue weighted by molar-refractivity contribution is 5.74. The number of hydrogen-bond donors (Lipinski definition) is 2. The lowest BCUT2D eigenvalue weighted by Gasteiger charge is -2.50. The average molecular weight is 358 g/mol. The monoisotopic (exact) mass is 358 g/mol. The lowest BCUT2D eigenvalue weighted by atomic mass is 9.55. The molecular weight excluding hydrogens is 328 g/mol. The zero-order valence-corrected chi connectivity index (χ0v) is 15.8. The molecule has 0 heterocycles. The molecule has 2 fully saturated rings. The quantitative estimate of drug-likeness (QED) is 0.807. The molecule has 0 aliphatic heterocycles. The molecule has 0 spiro atoms. The van der Waals surface area contributed by atoms with Crippen LogP contribution in [-0.4, -0.2) is 28.9 Å². The zero-order valence-electron chi connectivity index (χ0n) is 15.8. The lowest BCUT2D eigenvalue weighted by Crippen LogP contribution is -2.44. The molecular formula is C22H30O4. The molecule has 0 unspecified atom stereocenters. The SMILES string of the molecule is CCCOC(=O)[C@H]1C[C@H]2[C@@H]3CCc4cc(O)ccc4[C@H]3CC[C@]2(C)[C@H]1O. The van der Waals surface area contributed by atoms with Gasteiger partial charge in [0, 0.05) is 0 Å². The van der Waals surface area contributed by atoms with Gasteiger partial charge in [-0.3, -0.25) is 4.79 Å². The molecule has 1 aromatic rings. The molecule has 0 saturated heterocycles. The van der Waals surface area contributed by atoms with E-state index >= 15 is 0 Å². The summed E-state index contributed by atoms with van der Waals surface area (Å²) in [5.74, 6) is 1.10. The van der Waals surface area contributed by atoms with Gasteiger partial charge in [0.1, 0.15) is 5.75 Å². The predicted molar refractivity (Wildman–Crippen MR) is 98.9 cm³/mol. The summed E-state index contributed by atoms with van der Waals surface area (Å²) in [6.45, 7) is 4.60. The third-order valence-electron chi connectivity index (χ3n) is 7.46. The Bertz CT molecular complexity index is 699. The maximum absolute atomic E-state index is 12.5. The van der Waals surface area contributed by atoms with Gasteiger partial charge in [-0.25, -0.2) is 0 Å². The Labute approximate surface area is 155 Å². The van der Waals surface area contributed by atoms with E-state index in [1.807, 2.05) is 13.0 Å². The van der Waals surface area contributed by atoms with Crippen LogP contribution in [0.3, 0.4) is 0 Å². The smallest absolute Gasteiger partial charge is 0.311 e. The van der Waals surface area contributed by atoms with E-state index in [2.05, 4.69) is 13.0 Å². The van der Waals surface area contributed by atoms with E-state index < -0.39 is 6.10 Å². The van der Waals surface area contributed by atoms with Crippen molar-refractivity contribution in [3.05, 3.63) is 29.3 Å². The van der Waals surface area contributed by atoms with Gasteiger partial charge in [0.15, 0.2) is 0 Å². The molecule has 0 amide bonds. The minimum absolute atomic E-state index is 0.189. The second-order valence-electron chi connectivity index (χ2n) is 8.80. The molecule has 4 nitrogen and oxygen atoms in total. The topological polar surface area (TPSA) is 66.8 Å². The zero-order chi connectivity index (χ0) is 18.5. The maximum Gasteiger partial charge on any atom is 0.311 e. The first-order valence-corrected chi connectivity index (χ1v) is 10.1. The van der Waals surface area contributed by atoms with Crippen LogP contribution in [-0.2, 0) is 16.0 Å². The molecule has 0 aromatic heterocycles. The van der Waals surface area contributed by atoms with Crippen molar-refractivity contribution in [2.45, 2.75) is 64.4 Å². The van der Waals surface area contributed by atoms with Crippen LogP contribution < -0.4 is 0 Å². The van der Waals surface area contributed by atoms with Crippen molar-refractivity contribution in [1.29, 1.82) is 0 Å². The number of esters is 1.